The fraction of sp³-hybridized carbons (Fsp3) is 0.368. The maximum atomic E-state index is 12.9. The fourth-order valence-corrected chi connectivity index (χ4v) is 4.94. The number of anilines is 1. The molecule has 1 fully saturated rings. The predicted molar refractivity (Wildman–Crippen MR) is 102 cm³/mol. The van der Waals surface area contributed by atoms with Crippen LogP contribution in [0, 0.1) is 5.82 Å². The van der Waals surface area contributed by atoms with Crippen molar-refractivity contribution >= 4 is 21.6 Å². The van der Waals surface area contributed by atoms with E-state index < -0.39 is 9.84 Å². The first kappa shape index (κ1) is 19.3. The van der Waals surface area contributed by atoms with Crippen LogP contribution in [0.3, 0.4) is 0 Å². The predicted octanol–water partition coefficient (Wildman–Crippen LogP) is 2.16. The lowest BCUT2D eigenvalue weighted by atomic mass is 10.2. The Hall–Kier alpha value is -2.48. The fourth-order valence-electron chi connectivity index (χ4n) is 3.21. The molecule has 0 radical (unpaired) electrons. The molecule has 2 aromatic rings. The molecule has 27 heavy (non-hydrogen) atoms. The van der Waals surface area contributed by atoms with E-state index in [-0.39, 0.29) is 29.3 Å². The highest BCUT2D eigenvalue weighted by atomic mass is 32.2. The van der Waals surface area contributed by atoms with E-state index in [1.165, 1.54) is 18.3 Å². The Morgan fingerprint density at radius 2 is 2.00 bits per heavy atom. The van der Waals surface area contributed by atoms with Gasteiger partial charge in [0.05, 0.1) is 17.1 Å². The maximum absolute atomic E-state index is 12.9. The first-order valence-corrected chi connectivity index (χ1v) is 10.7. The molecule has 1 unspecified atom stereocenters. The normalized spacial score (nSPS) is 18.2. The molecule has 0 spiro atoms. The van der Waals surface area contributed by atoms with Crippen molar-refractivity contribution in [2.45, 2.75) is 25.9 Å². The molecule has 6 nitrogen and oxygen atoms in total. The molecule has 1 aromatic carbocycles. The molecular weight excluding hydrogens is 369 g/mol. The smallest absolute Gasteiger partial charge is 0.253 e. The Labute approximate surface area is 158 Å². The van der Waals surface area contributed by atoms with Crippen molar-refractivity contribution in [2.24, 2.45) is 0 Å². The first-order chi connectivity index (χ1) is 12.9. The molecule has 1 aliphatic rings. The number of amides is 1. The van der Waals surface area contributed by atoms with Crippen molar-refractivity contribution in [1.29, 1.82) is 0 Å². The highest BCUT2D eigenvalue weighted by molar-refractivity contribution is 7.91. The molecule has 8 heteroatoms. The highest BCUT2D eigenvalue weighted by Crippen LogP contribution is 2.22. The average Bonchev–Trinajstić information content (AvgIpc) is 3.02. The summed E-state index contributed by atoms with van der Waals surface area (Å²) < 4.78 is 36.3. The Morgan fingerprint density at radius 1 is 1.26 bits per heavy atom. The largest absolute Gasteiger partial charge is 0.353 e. The van der Waals surface area contributed by atoms with E-state index in [1.807, 2.05) is 11.8 Å². The summed E-state index contributed by atoms with van der Waals surface area (Å²) in [7, 11) is -2.97. The topological polar surface area (TPSA) is 79.4 Å². The Morgan fingerprint density at radius 3 is 2.56 bits per heavy atom. The van der Waals surface area contributed by atoms with Gasteiger partial charge in [0.2, 0.25) is 0 Å². The molecule has 1 saturated heterocycles. The molecule has 0 bridgehead atoms. The van der Waals surface area contributed by atoms with Gasteiger partial charge in [-0.05, 0) is 43.2 Å². The highest BCUT2D eigenvalue weighted by Gasteiger charge is 2.32. The Bertz CT molecular complexity index is 899. The Kier molecular flexibility index (Phi) is 5.74. The average molecular weight is 391 g/mol. The van der Waals surface area contributed by atoms with Crippen LogP contribution >= 0.6 is 0 Å². The molecule has 2 heterocycles. The number of nitrogens with one attached hydrogen (secondary N) is 1. The van der Waals surface area contributed by atoms with Crippen LogP contribution in [0.15, 0.2) is 42.6 Å². The number of hydrogen-bond donors (Lipinski definition) is 1. The second-order valence-corrected chi connectivity index (χ2v) is 8.79. The lowest BCUT2D eigenvalue weighted by molar-refractivity contribution is 0.0950. The van der Waals surface area contributed by atoms with Gasteiger partial charge in [0.25, 0.3) is 5.91 Å². The van der Waals surface area contributed by atoms with Gasteiger partial charge in [0.1, 0.15) is 11.6 Å². The number of aromatic nitrogens is 1. The second kappa shape index (κ2) is 8.04. The molecule has 1 amide bonds. The maximum Gasteiger partial charge on any atom is 0.253 e. The zero-order valence-corrected chi connectivity index (χ0v) is 15.9. The minimum atomic E-state index is -2.97. The number of pyridine rings is 1. The van der Waals surface area contributed by atoms with Gasteiger partial charge in [-0.25, -0.2) is 17.8 Å². The van der Waals surface area contributed by atoms with Crippen molar-refractivity contribution in [3.63, 3.8) is 0 Å². The van der Waals surface area contributed by atoms with Crippen LogP contribution in [0.25, 0.3) is 0 Å². The number of carbonyl (C=O) groups excluding carboxylic acids is 1. The molecule has 0 aliphatic carbocycles. The van der Waals surface area contributed by atoms with Crippen LogP contribution in [-0.2, 0) is 16.4 Å². The summed E-state index contributed by atoms with van der Waals surface area (Å²) in [5.41, 5.74) is 1.21. The van der Waals surface area contributed by atoms with Crippen LogP contribution in [0.5, 0.6) is 0 Å². The third-order valence-corrected chi connectivity index (χ3v) is 6.41. The monoisotopic (exact) mass is 391 g/mol. The second-order valence-electron chi connectivity index (χ2n) is 6.56. The molecule has 1 atom stereocenters. The van der Waals surface area contributed by atoms with Crippen LogP contribution in [0.4, 0.5) is 10.2 Å². The number of sulfone groups is 1. The van der Waals surface area contributed by atoms with Gasteiger partial charge < -0.3 is 10.2 Å². The third-order valence-electron chi connectivity index (χ3n) is 4.66. The van der Waals surface area contributed by atoms with Crippen molar-refractivity contribution in [2.75, 3.05) is 23.0 Å². The van der Waals surface area contributed by atoms with Gasteiger partial charge in [-0.1, -0.05) is 12.1 Å². The summed E-state index contributed by atoms with van der Waals surface area (Å²) in [6.07, 6.45) is 2.08. The van der Waals surface area contributed by atoms with Crippen molar-refractivity contribution in [3.05, 3.63) is 59.5 Å². The van der Waals surface area contributed by atoms with Gasteiger partial charge in [-0.3, -0.25) is 4.79 Å². The summed E-state index contributed by atoms with van der Waals surface area (Å²) in [5, 5.41) is 2.77. The minimum Gasteiger partial charge on any atom is -0.353 e. The molecule has 0 saturated carbocycles. The molecule has 1 N–H and O–H groups in total. The van der Waals surface area contributed by atoms with Gasteiger partial charge >= 0.3 is 0 Å². The summed E-state index contributed by atoms with van der Waals surface area (Å²) in [4.78, 5) is 18.6. The van der Waals surface area contributed by atoms with E-state index in [0.717, 1.165) is 5.56 Å². The standard InChI is InChI=1S/C19H22FN3O3S/c1-2-23(17-9-10-27(25,26)13-17)18-8-5-15(12-21-18)19(24)22-11-14-3-6-16(20)7-4-14/h3-8,12,17H,2,9-11,13H2,1H3,(H,22,24). The van der Waals surface area contributed by atoms with Crippen molar-refractivity contribution in [1.82, 2.24) is 10.3 Å². The van der Waals surface area contributed by atoms with Crippen LogP contribution < -0.4 is 10.2 Å². The van der Waals surface area contributed by atoms with Crippen LogP contribution in [0.2, 0.25) is 0 Å². The van der Waals surface area contributed by atoms with Gasteiger partial charge in [-0.15, -0.1) is 0 Å². The lowest BCUT2D eigenvalue weighted by Gasteiger charge is -2.27. The summed E-state index contributed by atoms with van der Waals surface area (Å²) in [5.74, 6) is 0.417. The van der Waals surface area contributed by atoms with E-state index >= 15 is 0 Å². The SMILES string of the molecule is CCN(c1ccc(C(=O)NCc2ccc(F)cc2)cn1)C1CCS(=O)(=O)C1. The molecule has 3 rings (SSSR count). The van der Waals surface area contributed by atoms with E-state index in [4.69, 9.17) is 0 Å². The van der Waals surface area contributed by atoms with Gasteiger partial charge in [-0.2, -0.15) is 0 Å². The van der Waals surface area contributed by atoms with E-state index in [1.54, 1.807) is 24.3 Å². The Balaban J connectivity index is 1.63. The van der Waals surface area contributed by atoms with E-state index in [9.17, 15) is 17.6 Å². The lowest BCUT2D eigenvalue weighted by Crippen LogP contribution is -2.36. The van der Waals surface area contributed by atoms with E-state index in [2.05, 4.69) is 10.3 Å². The van der Waals surface area contributed by atoms with E-state index in [0.29, 0.717) is 30.9 Å². The zero-order chi connectivity index (χ0) is 19.4. The number of nitrogens with zero attached hydrogens (tertiary/aromatic N) is 2. The quantitative estimate of drug-likeness (QED) is 0.816. The number of hydrogen-bond acceptors (Lipinski definition) is 5. The van der Waals surface area contributed by atoms with Crippen molar-refractivity contribution < 1.29 is 17.6 Å². The zero-order valence-electron chi connectivity index (χ0n) is 15.1. The number of benzene rings is 1. The molecule has 144 valence electrons. The summed E-state index contributed by atoms with van der Waals surface area (Å²) in [6.45, 7) is 2.89. The first-order valence-electron chi connectivity index (χ1n) is 8.84. The number of rotatable bonds is 6. The molecule has 1 aromatic heterocycles. The number of carbonyl (C=O) groups is 1. The third kappa shape index (κ3) is 4.82. The summed E-state index contributed by atoms with van der Waals surface area (Å²) in [6, 6.07) is 9.26. The minimum absolute atomic E-state index is 0.0781. The molecule has 1 aliphatic heterocycles. The number of halogens is 1. The van der Waals surface area contributed by atoms with Gasteiger partial charge in [0, 0.05) is 25.3 Å². The van der Waals surface area contributed by atoms with Crippen molar-refractivity contribution in [3.8, 4) is 0 Å². The molecular formula is C19H22FN3O3S. The van der Waals surface area contributed by atoms with Crippen LogP contribution in [-0.4, -0.2) is 43.4 Å². The van der Waals surface area contributed by atoms with Gasteiger partial charge in [0.15, 0.2) is 9.84 Å². The van der Waals surface area contributed by atoms with Crippen LogP contribution in [0.1, 0.15) is 29.3 Å². The summed E-state index contributed by atoms with van der Waals surface area (Å²) >= 11 is 0.